The average Bonchev–Trinajstić information content (AvgIpc) is 2.34. The molecule has 0 aromatic heterocycles. The van der Waals surface area contributed by atoms with Crippen LogP contribution in [0.5, 0.6) is 0 Å². The van der Waals surface area contributed by atoms with E-state index in [1.54, 1.807) is 36.4 Å². The van der Waals surface area contributed by atoms with Gasteiger partial charge in [-0.3, -0.25) is 0 Å². The quantitative estimate of drug-likeness (QED) is 0.473. The Morgan fingerprint density at radius 3 is 1.89 bits per heavy atom. The average molecular weight is 534 g/mol. The van der Waals surface area contributed by atoms with Crippen molar-refractivity contribution in [2.75, 3.05) is 0 Å². The summed E-state index contributed by atoms with van der Waals surface area (Å²) in [5.74, 6) is 0. The van der Waals surface area contributed by atoms with Crippen LogP contribution in [0.2, 0.25) is 0 Å². The molecule has 0 aliphatic heterocycles. The molecule has 0 heterocycles. The molecular weight excluding hydrogens is 528 g/mol. The summed E-state index contributed by atoms with van der Waals surface area (Å²) >= 11 is 13.2. The summed E-state index contributed by atoms with van der Waals surface area (Å²) in [6.07, 6.45) is 0. The largest absolute Gasteiger partial charge is 0.218 e. The minimum atomic E-state index is -3.58. The van der Waals surface area contributed by atoms with E-state index in [-0.39, 0.29) is 9.79 Å². The van der Waals surface area contributed by atoms with Crippen LogP contribution >= 0.6 is 63.7 Å². The zero-order valence-corrected chi connectivity index (χ0v) is 16.4. The Labute approximate surface area is 145 Å². The Balaban J connectivity index is 2.71. The fourth-order valence-electron chi connectivity index (χ4n) is 1.49. The van der Waals surface area contributed by atoms with Gasteiger partial charge in [-0.15, -0.1) is 0 Å². The number of hydrogen-bond acceptors (Lipinski definition) is 2. The van der Waals surface area contributed by atoms with E-state index in [1.807, 2.05) is 0 Å². The Morgan fingerprint density at radius 1 is 0.684 bits per heavy atom. The predicted molar refractivity (Wildman–Crippen MR) is 89.1 cm³/mol. The van der Waals surface area contributed by atoms with E-state index in [0.717, 1.165) is 4.47 Å². The standard InChI is InChI=1S/C12H6Br4O2S/c13-7-3-1-2-4-11(7)19(17,18)12-6-9(15)8(14)5-10(12)16/h1-6H. The molecule has 7 heteroatoms. The highest BCUT2D eigenvalue weighted by atomic mass is 79.9. The third kappa shape index (κ3) is 3.15. The monoisotopic (exact) mass is 530 g/mol. The lowest BCUT2D eigenvalue weighted by atomic mass is 10.4. The SMILES string of the molecule is O=S(=O)(c1ccccc1Br)c1cc(Br)c(Br)cc1Br. The minimum absolute atomic E-state index is 0.217. The highest BCUT2D eigenvalue weighted by molar-refractivity contribution is 9.13. The summed E-state index contributed by atoms with van der Waals surface area (Å²) in [7, 11) is -3.58. The molecule has 0 aliphatic rings. The minimum Gasteiger partial charge on any atom is -0.218 e. The van der Waals surface area contributed by atoms with Gasteiger partial charge in [0, 0.05) is 17.9 Å². The lowest BCUT2D eigenvalue weighted by molar-refractivity contribution is 0.595. The van der Waals surface area contributed by atoms with Gasteiger partial charge in [-0.1, -0.05) is 12.1 Å². The lowest BCUT2D eigenvalue weighted by Crippen LogP contribution is -2.04. The van der Waals surface area contributed by atoms with Gasteiger partial charge in [0.25, 0.3) is 0 Å². The van der Waals surface area contributed by atoms with Gasteiger partial charge in [-0.2, -0.15) is 0 Å². The number of rotatable bonds is 2. The van der Waals surface area contributed by atoms with Crippen molar-refractivity contribution in [2.24, 2.45) is 0 Å². The van der Waals surface area contributed by atoms with Gasteiger partial charge in [-0.25, -0.2) is 8.42 Å². The van der Waals surface area contributed by atoms with E-state index in [4.69, 9.17) is 0 Å². The summed E-state index contributed by atoms with van der Waals surface area (Å²) in [4.78, 5) is 0.458. The molecule has 0 unspecified atom stereocenters. The summed E-state index contributed by atoms with van der Waals surface area (Å²) in [6, 6.07) is 10.0. The van der Waals surface area contributed by atoms with Crippen molar-refractivity contribution in [2.45, 2.75) is 9.79 Å². The van der Waals surface area contributed by atoms with Crippen molar-refractivity contribution in [3.8, 4) is 0 Å². The molecular formula is C12H6Br4O2S. The first-order valence-electron chi connectivity index (χ1n) is 4.98. The van der Waals surface area contributed by atoms with Crippen LogP contribution in [0.3, 0.4) is 0 Å². The fourth-order valence-corrected chi connectivity index (χ4v) is 5.95. The Kier molecular flexibility index (Phi) is 4.93. The van der Waals surface area contributed by atoms with E-state index < -0.39 is 9.84 Å². The smallest absolute Gasteiger partial charge is 0.208 e. The van der Waals surface area contributed by atoms with Crippen LogP contribution in [0.4, 0.5) is 0 Å². The molecule has 2 aromatic rings. The molecule has 0 amide bonds. The van der Waals surface area contributed by atoms with Crippen LogP contribution in [0.25, 0.3) is 0 Å². The first-order chi connectivity index (χ1) is 8.84. The topological polar surface area (TPSA) is 34.1 Å². The summed E-state index contributed by atoms with van der Waals surface area (Å²) in [6.45, 7) is 0. The number of halogens is 4. The third-order valence-corrected chi connectivity index (χ3v) is 7.96. The third-order valence-electron chi connectivity index (χ3n) is 2.39. The maximum Gasteiger partial charge on any atom is 0.208 e. The zero-order valence-electron chi connectivity index (χ0n) is 9.20. The molecule has 19 heavy (non-hydrogen) atoms. The van der Waals surface area contributed by atoms with E-state index in [1.165, 1.54) is 0 Å². The molecule has 0 saturated heterocycles. The summed E-state index contributed by atoms with van der Waals surface area (Å²) in [5.41, 5.74) is 0. The summed E-state index contributed by atoms with van der Waals surface area (Å²) < 4.78 is 27.8. The second-order valence-electron chi connectivity index (χ2n) is 3.63. The second-order valence-corrected chi connectivity index (χ2v) is 8.93. The van der Waals surface area contributed by atoms with Gasteiger partial charge in [0.2, 0.25) is 9.84 Å². The molecule has 2 rings (SSSR count). The van der Waals surface area contributed by atoms with Gasteiger partial charge in [0.1, 0.15) is 0 Å². The summed E-state index contributed by atoms with van der Waals surface area (Å²) in [5, 5.41) is 0. The van der Waals surface area contributed by atoms with Crippen molar-refractivity contribution in [1.29, 1.82) is 0 Å². The van der Waals surface area contributed by atoms with Crippen LogP contribution in [0.1, 0.15) is 0 Å². The Morgan fingerprint density at radius 2 is 1.26 bits per heavy atom. The van der Waals surface area contributed by atoms with Gasteiger partial charge >= 0.3 is 0 Å². The number of hydrogen-bond donors (Lipinski definition) is 0. The maximum absolute atomic E-state index is 12.6. The molecule has 0 fully saturated rings. The van der Waals surface area contributed by atoms with Crippen LogP contribution in [0.15, 0.2) is 64.1 Å². The van der Waals surface area contributed by atoms with Gasteiger partial charge in [0.05, 0.1) is 9.79 Å². The number of sulfone groups is 1. The molecule has 0 N–H and O–H groups in total. The van der Waals surface area contributed by atoms with E-state index in [9.17, 15) is 8.42 Å². The van der Waals surface area contributed by atoms with Gasteiger partial charge < -0.3 is 0 Å². The van der Waals surface area contributed by atoms with Crippen molar-refractivity contribution in [3.63, 3.8) is 0 Å². The molecule has 2 aromatic carbocycles. The molecule has 0 atom stereocenters. The van der Waals surface area contributed by atoms with Crippen LogP contribution < -0.4 is 0 Å². The molecule has 0 saturated carbocycles. The fraction of sp³-hybridized carbons (Fsp3) is 0. The van der Waals surface area contributed by atoms with Crippen LogP contribution in [-0.2, 0) is 9.84 Å². The normalized spacial score (nSPS) is 11.6. The van der Waals surface area contributed by atoms with Crippen molar-refractivity contribution >= 4 is 73.6 Å². The molecule has 0 bridgehead atoms. The first kappa shape index (κ1) is 15.7. The van der Waals surface area contributed by atoms with Gasteiger partial charge in [-0.05, 0) is 88.0 Å². The predicted octanol–water partition coefficient (Wildman–Crippen LogP) is 5.57. The molecule has 2 nitrogen and oxygen atoms in total. The van der Waals surface area contributed by atoms with Crippen molar-refractivity contribution < 1.29 is 8.42 Å². The Hall–Kier alpha value is 0.310. The van der Waals surface area contributed by atoms with E-state index in [2.05, 4.69) is 63.7 Å². The lowest BCUT2D eigenvalue weighted by Gasteiger charge is -2.10. The highest BCUT2D eigenvalue weighted by Crippen LogP contribution is 2.36. The molecule has 100 valence electrons. The van der Waals surface area contributed by atoms with Crippen molar-refractivity contribution in [3.05, 3.63) is 54.3 Å². The second kappa shape index (κ2) is 5.97. The maximum atomic E-state index is 12.6. The van der Waals surface area contributed by atoms with E-state index >= 15 is 0 Å². The van der Waals surface area contributed by atoms with Crippen molar-refractivity contribution in [1.82, 2.24) is 0 Å². The van der Waals surface area contributed by atoms with Crippen LogP contribution in [-0.4, -0.2) is 8.42 Å². The molecule has 0 radical (unpaired) electrons. The number of benzene rings is 2. The van der Waals surface area contributed by atoms with Crippen LogP contribution in [0, 0.1) is 0 Å². The molecule has 0 spiro atoms. The Bertz CT molecular complexity index is 741. The first-order valence-corrected chi connectivity index (χ1v) is 9.63. The van der Waals surface area contributed by atoms with E-state index in [0.29, 0.717) is 13.4 Å². The zero-order chi connectivity index (χ0) is 14.2. The highest BCUT2D eigenvalue weighted by Gasteiger charge is 2.23. The van der Waals surface area contributed by atoms with Gasteiger partial charge in [0.15, 0.2) is 0 Å². The molecule has 0 aliphatic carbocycles.